The number of rotatable bonds is 6. The van der Waals surface area contributed by atoms with E-state index in [1.807, 2.05) is 18.2 Å². The van der Waals surface area contributed by atoms with Gasteiger partial charge >= 0.3 is 6.03 Å². The third kappa shape index (κ3) is 4.44. The van der Waals surface area contributed by atoms with Crippen molar-refractivity contribution in [1.82, 2.24) is 4.90 Å². The second kappa shape index (κ2) is 9.80. The summed E-state index contributed by atoms with van der Waals surface area (Å²) >= 11 is 0. The number of hydrogen-bond acceptors (Lipinski definition) is 3. The van der Waals surface area contributed by atoms with E-state index in [0.29, 0.717) is 12.8 Å². The van der Waals surface area contributed by atoms with E-state index in [-0.39, 0.29) is 17.5 Å². The number of nitrogens with one attached hydrogen (secondary N) is 1. The Kier molecular flexibility index (Phi) is 6.97. The highest BCUT2D eigenvalue weighted by atomic mass is 19.1. The summed E-state index contributed by atoms with van der Waals surface area (Å²) in [6.45, 7) is 7.82. The van der Waals surface area contributed by atoms with E-state index in [9.17, 15) is 18.8 Å². The lowest BCUT2D eigenvalue weighted by atomic mass is 9.80. The molecule has 1 aliphatic carbocycles. The van der Waals surface area contributed by atoms with Crippen molar-refractivity contribution >= 4 is 29.2 Å². The fourth-order valence-electron chi connectivity index (χ4n) is 5.44. The Morgan fingerprint density at radius 2 is 1.54 bits per heavy atom. The number of halogens is 1. The topological polar surface area (TPSA) is 69.7 Å². The largest absolute Gasteiger partial charge is 0.332 e. The summed E-state index contributed by atoms with van der Waals surface area (Å²) in [5.41, 5.74) is 1.68. The Hall–Kier alpha value is -3.22. The van der Waals surface area contributed by atoms with Gasteiger partial charge in [0.1, 0.15) is 17.9 Å². The number of hydrogen-bond donors (Lipinski definition) is 1. The van der Waals surface area contributed by atoms with E-state index in [2.05, 4.69) is 33.0 Å². The molecule has 35 heavy (non-hydrogen) atoms. The van der Waals surface area contributed by atoms with Crippen LogP contribution in [0.15, 0.2) is 42.5 Å². The maximum absolute atomic E-state index is 14.8. The Labute approximate surface area is 206 Å². The van der Waals surface area contributed by atoms with Crippen LogP contribution in [0.2, 0.25) is 0 Å². The third-order valence-corrected chi connectivity index (χ3v) is 7.21. The molecule has 2 aliphatic rings. The summed E-state index contributed by atoms with van der Waals surface area (Å²) in [6, 6.07) is 11.3. The summed E-state index contributed by atoms with van der Waals surface area (Å²) in [5.74, 6) is -1.05. The number of benzene rings is 2. The Balaban J connectivity index is 1.65. The number of amides is 4. The van der Waals surface area contributed by atoms with Gasteiger partial charge in [-0.1, -0.05) is 77.3 Å². The van der Waals surface area contributed by atoms with Crippen LogP contribution in [-0.2, 0) is 9.59 Å². The minimum atomic E-state index is -1.14. The monoisotopic (exact) mass is 479 g/mol. The minimum absolute atomic E-state index is 0.0860. The molecule has 2 fully saturated rings. The zero-order valence-electron chi connectivity index (χ0n) is 20.9. The number of para-hydroxylation sites is 2. The Morgan fingerprint density at radius 3 is 2.11 bits per heavy atom. The molecule has 1 saturated heterocycles. The van der Waals surface area contributed by atoms with Crippen LogP contribution in [0.5, 0.6) is 0 Å². The molecule has 7 heteroatoms. The van der Waals surface area contributed by atoms with Crippen molar-refractivity contribution in [2.24, 2.45) is 0 Å². The van der Waals surface area contributed by atoms with Crippen LogP contribution in [-0.4, -0.2) is 34.8 Å². The molecule has 1 N–H and O–H groups in total. The fourth-order valence-corrected chi connectivity index (χ4v) is 5.44. The van der Waals surface area contributed by atoms with Crippen LogP contribution in [0.3, 0.4) is 0 Å². The predicted molar refractivity (Wildman–Crippen MR) is 135 cm³/mol. The molecule has 2 aromatic carbocycles. The SMILES string of the molecule is CC(C)c1cccc(C(C)C)c1NC(=O)CN1C(=O)N(c2ccccc2F)C2(CCCCC2)C1=O. The Morgan fingerprint density at radius 1 is 0.943 bits per heavy atom. The van der Waals surface area contributed by atoms with E-state index < -0.39 is 35.7 Å². The quantitative estimate of drug-likeness (QED) is 0.503. The van der Waals surface area contributed by atoms with Gasteiger partial charge in [0, 0.05) is 5.69 Å². The maximum atomic E-state index is 14.8. The average Bonchev–Trinajstić information content (AvgIpc) is 3.01. The average molecular weight is 480 g/mol. The second-order valence-corrected chi connectivity index (χ2v) is 10.2. The van der Waals surface area contributed by atoms with E-state index in [1.165, 1.54) is 17.0 Å². The number of carbonyl (C=O) groups excluding carboxylic acids is 3. The van der Waals surface area contributed by atoms with E-state index in [4.69, 9.17) is 0 Å². The molecule has 1 aliphatic heterocycles. The highest BCUT2D eigenvalue weighted by molar-refractivity contribution is 6.18. The minimum Gasteiger partial charge on any atom is -0.324 e. The first-order valence-corrected chi connectivity index (χ1v) is 12.5. The zero-order valence-corrected chi connectivity index (χ0v) is 20.9. The molecule has 1 saturated carbocycles. The molecule has 0 aromatic heterocycles. The number of imide groups is 1. The first-order chi connectivity index (χ1) is 16.7. The van der Waals surface area contributed by atoms with Gasteiger partial charge in [-0.3, -0.25) is 19.4 Å². The second-order valence-electron chi connectivity index (χ2n) is 10.2. The lowest BCUT2D eigenvalue weighted by Gasteiger charge is -2.38. The van der Waals surface area contributed by atoms with Gasteiger partial charge in [0.15, 0.2) is 0 Å². The summed E-state index contributed by atoms with van der Waals surface area (Å²) in [6.07, 6.45) is 3.40. The van der Waals surface area contributed by atoms with Gasteiger partial charge in [-0.15, -0.1) is 0 Å². The van der Waals surface area contributed by atoms with Crippen LogP contribution < -0.4 is 10.2 Å². The van der Waals surface area contributed by atoms with Crippen molar-refractivity contribution in [2.45, 2.75) is 77.2 Å². The number of urea groups is 1. The normalized spacial score (nSPS) is 17.7. The fraction of sp³-hybridized carbons (Fsp3) is 0.464. The summed E-state index contributed by atoms with van der Waals surface area (Å²) in [7, 11) is 0. The van der Waals surface area contributed by atoms with E-state index in [0.717, 1.165) is 41.0 Å². The predicted octanol–water partition coefficient (Wildman–Crippen LogP) is 6.18. The third-order valence-electron chi connectivity index (χ3n) is 7.21. The van der Waals surface area contributed by atoms with Crippen molar-refractivity contribution in [1.29, 1.82) is 0 Å². The Bertz CT molecular complexity index is 1110. The maximum Gasteiger partial charge on any atom is 0.332 e. The molecule has 6 nitrogen and oxygen atoms in total. The highest BCUT2D eigenvalue weighted by Gasteiger charge is 2.58. The van der Waals surface area contributed by atoms with Crippen LogP contribution >= 0.6 is 0 Å². The first kappa shape index (κ1) is 24.9. The zero-order chi connectivity index (χ0) is 25.3. The van der Waals surface area contributed by atoms with E-state index >= 15 is 0 Å². The van der Waals surface area contributed by atoms with Gasteiger partial charge in [0.2, 0.25) is 5.91 Å². The van der Waals surface area contributed by atoms with Crippen molar-refractivity contribution in [2.75, 3.05) is 16.8 Å². The summed E-state index contributed by atoms with van der Waals surface area (Å²) in [4.78, 5) is 42.8. The number of carbonyl (C=O) groups is 3. The van der Waals surface area contributed by atoms with Gasteiger partial charge in [-0.25, -0.2) is 9.18 Å². The van der Waals surface area contributed by atoms with E-state index in [1.54, 1.807) is 12.1 Å². The van der Waals surface area contributed by atoms with Crippen LogP contribution in [0.25, 0.3) is 0 Å². The number of nitrogens with zero attached hydrogens (tertiary/aromatic N) is 2. The molecule has 4 amide bonds. The van der Waals surface area contributed by atoms with Gasteiger partial charge in [0.25, 0.3) is 5.91 Å². The molecule has 0 unspecified atom stereocenters. The van der Waals surface area contributed by atoms with Crippen molar-refractivity contribution < 1.29 is 18.8 Å². The standard InChI is InChI=1S/C28H34FN3O3/c1-18(2)20-11-10-12-21(19(3)4)25(20)30-24(33)17-31-26(34)28(15-8-5-9-16-28)32(27(31)35)23-14-7-6-13-22(23)29/h6-7,10-14,18-19H,5,8-9,15-17H2,1-4H3,(H,30,33). The number of anilines is 2. The molecular formula is C28H34FN3O3. The van der Waals surface area contributed by atoms with Gasteiger partial charge in [-0.05, 0) is 47.9 Å². The molecular weight excluding hydrogens is 445 g/mol. The lowest BCUT2D eigenvalue weighted by molar-refractivity contribution is -0.134. The van der Waals surface area contributed by atoms with Crippen LogP contribution in [0.4, 0.5) is 20.6 Å². The molecule has 0 bridgehead atoms. The molecule has 1 heterocycles. The molecule has 4 rings (SSSR count). The smallest absolute Gasteiger partial charge is 0.324 e. The molecule has 0 atom stereocenters. The molecule has 186 valence electrons. The summed E-state index contributed by atoms with van der Waals surface area (Å²) in [5, 5.41) is 2.99. The van der Waals surface area contributed by atoms with Crippen LogP contribution in [0.1, 0.15) is 82.8 Å². The van der Waals surface area contributed by atoms with Crippen molar-refractivity contribution in [3.63, 3.8) is 0 Å². The first-order valence-electron chi connectivity index (χ1n) is 12.5. The molecule has 0 radical (unpaired) electrons. The molecule has 2 aromatic rings. The van der Waals surface area contributed by atoms with Gasteiger partial charge < -0.3 is 5.32 Å². The van der Waals surface area contributed by atoms with Crippen molar-refractivity contribution in [3.8, 4) is 0 Å². The van der Waals surface area contributed by atoms with Gasteiger partial charge in [-0.2, -0.15) is 0 Å². The lowest BCUT2D eigenvalue weighted by Crippen LogP contribution is -2.51. The summed E-state index contributed by atoms with van der Waals surface area (Å²) < 4.78 is 14.8. The highest BCUT2D eigenvalue weighted by Crippen LogP contribution is 2.44. The van der Waals surface area contributed by atoms with Crippen LogP contribution in [0, 0.1) is 5.82 Å². The van der Waals surface area contributed by atoms with Gasteiger partial charge in [0.05, 0.1) is 5.69 Å². The van der Waals surface area contributed by atoms with Crippen molar-refractivity contribution in [3.05, 3.63) is 59.4 Å². The molecule has 1 spiro atoms.